The zero-order chi connectivity index (χ0) is 19.8. The van der Waals surface area contributed by atoms with E-state index in [1.54, 1.807) is 0 Å². The first-order chi connectivity index (χ1) is 12.6. The number of halogens is 3. The minimum absolute atomic E-state index is 0.0202. The first kappa shape index (κ1) is 18.8. The van der Waals surface area contributed by atoms with Gasteiger partial charge in [0.25, 0.3) is 5.91 Å². The zero-order valence-corrected chi connectivity index (χ0v) is 13.8. The Morgan fingerprint density at radius 3 is 2.37 bits per heavy atom. The van der Waals surface area contributed by atoms with Gasteiger partial charge < -0.3 is 15.1 Å². The average Bonchev–Trinajstić information content (AvgIpc) is 3.11. The van der Waals surface area contributed by atoms with Gasteiger partial charge in [0.05, 0.1) is 17.4 Å². The predicted molar refractivity (Wildman–Crippen MR) is 84.1 cm³/mol. The summed E-state index contributed by atoms with van der Waals surface area (Å²) >= 11 is 0. The fourth-order valence-corrected chi connectivity index (χ4v) is 2.85. The summed E-state index contributed by atoms with van der Waals surface area (Å²) in [6.45, 7) is -0.0404. The normalized spacial score (nSPS) is 17.0. The van der Waals surface area contributed by atoms with E-state index in [4.69, 9.17) is 5.11 Å². The molecule has 0 spiro atoms. The van der Waals surface area contributed by atoms with Crippen molar-refractivity contribution in [1.82, 2.24) is 19.9 Å². The van der Waals surface area contributed by atoms with Crippen LogP contribution in [0.1, 0.15) is 28.9 Å². The summed E-state index contributed by atoms with van der Waals surface area (Å²) in [6.07, 6.45) is -3.82. The molecule has 0 aliphatic carbocycles. The first-order valence-electron chi connectivity index (χ1n) is 7.96. The van der Waals surface area contributed by atoms with E-state index in [9.17, 15) is 27.9 Å². The lowest BCUT2D eigenvalue weighted by Gasteiger charge is -2.34. The Morgan fingerprint density at radius 1 is 1.15 bits per heavy atom. The third kappa shape index (κ3) is 3.63. The number of para-hydroxylation sites is 1. The zero-order valence-electron chi connectivity index (χ0n) is 13.8. The van der Waals surface area contributed by atoms with Gasteiger partial charge in [-0.3, -0.25) is 4.79 Å². The second kappa shape index (κ2) is 6.65. The van der Waals surface area contributed by atoms with Gasteiger partial charge in [0.2, 0.25) is 0 Å². The number of aliphatic carboxylic acids is 1. The second-order valence-electron chi connectivity index (χ2n) is 6.19. The highest BCUT2D eigenvalue weighted by molar-refractivity contribution is 5.92. The predicted octanol–water partition coefficient (Wildman–Crippen LogP) is 1.34. The second-order valence-corrected chi connectivity index (χ2v) is 6.19. The minimum Gasteiger partial charge on any atom is -0.479 e. The van der Waals surface area contributed by atoms with Gasteiger partial charge in [-0.05, 0) is 12.1 Å². The number of benzene rings is 1. The Morgan fingerprint density at radius 2 is 1.78 bits per heavy atom. The Kier molecular flexibility index (Phi) is 4.64. The van der Waals surface area contributed by atoms with E-state index < -0.39 is 29.2 Å². The van der Waals surface area contributed by atoms with Gasteiger partial charge >= 0.3 is 12.1 Å². The molecule has 8 nitrogen and oxygen atoms in total. The molecule has 3 rings (SSSR count). The summed E-state index contributed by atoms with van der Waals surface area (Å²) in [5, 5.41) is 26.1. The van der Waals surface area contributed by atoms with E-state index in [1.807, 2.05) is 0 Å². The van der Waals surface area contributed by atoms with Crippen molar-refractivity contribution in [2.24, 2.45) is 0 Å². The molecule has 0 unspecified atom stereocenters. The van der Waals surface area contributed by atoms with Crippen molar-refractivity contribution < 1.29 is 33.0 Å². The molecule has 1 aromatic heterocycles. The molecule has 27 heavy (non-hydrogen) atoms. The fourth-order valence-electron chi connectivity index (χ4n) is 2.85. The number of carbonyl (C=O) groups is 2. The van der Waals surface area contributed by atoms with Crippen LogP contribution in [0.25, 0.3) is 5.69 Å². The molecular formula is C16H15F3N4O4. The van der Waals surface area contributed by atoms with Crippen LogP contribution in [0, 0.1) is 0 Å². The van der Waals surface area contributed by atoms with Crippen LogP contribution >= 0.6 is 0 Å². The average molecular weight is 384 g/mol. The molecular weight excluding hydrogens is 369 g/mol. The van der Waals surface area contributed by atoms with Crippen molar-refractivity contribution in [1.29, 1.82) is 0 Å². The number of amides is 1. The molecule has 0 atom stereocenters. The van der Waals surface area contributed by atoms with Crippen LogP contribution in [0.3, 0.4) is 0 Å². The molecule has 0 saturated carbocycles. The molecule has 1 aromatic carbocycles. The van der Waals surface area contributed by atoms with Crippen molar-refractivity contribution in [2.45, 2.75) is 24.6 Å². The monoisotopic (exact) mass is 384 g/mol. The Balaban J connectivity index is 1.80. The molecule has 0 bridgehead atoms. The summed E-state index contributed by atoms with van der Waals surface area (Å²) in [7, 11) is 0. The highest BCUT2D eigenvalue weighted by atomic mass is 19.4. The van der Waals surface area contributed by atoms with Gasteiger partial charge in [0.1, 0.15) is 0 Å². The number of nitrogens with zero attached hydrogens (tertiary/aromatic N) is 4. The number of aliphatic hydroxyl groups is 1. The van der Waals surface area contributed by atoms with E-state index in [1.165, 1.54) is 23.1 Å². The Bertz CT molecular complexity index is 873. The maximum atomic E-state index is 13.1. The van der Waals surface area contributed by atoms with Crippen LogP contribution in [0.4, 0.5) is 13.2 Å². The summed E-state index contributed by atoms with van der Waals surface area (Å²) in [5.41, 5.74) is -3.25. The molecule has 2 aromatic rings. The molecule has 2 heterocycles. The van der Waals surface area contributed by atoms with E-state index in [0.717, 1.165) is 16.9 Å². The van der Waals surface area contributed by atoms with E-state index in [-0.39, 0.29) is 37.3 Å². The van der Waals surface area contributed by atoms with Crippen molar-refractivity contribution in [3.8, 4) is 5.69 Å². The topological polar surface area (TPSA) is 109 Å². The van der Waals surface area contributed by atoms with E-state index in [0.29, 0.717) is 0 Å². The van der Waals surface area contributed by atoms with E-state index >= 15 is 0 Å². The molecule has 144 valence electrons. The number of hydrogen-bond acceptors (Lipinski definition) is 5. The fraction of sp³-hybridized carbons (Fsp3) is 0.375. The summed E-state index contributed by atoms with van der Waals surface area (Å²) < 4.78 is 40.2. The molecule has 1 aliphatic heterocycles. The Labute approximate surface area is 150 Å². The first-order valence-corrected chi connectivity index (χ1v) is 7.96. The molecule has 1 aliphatic rings. The van der Waals surface area contributed by atoms with Gasteiger partial charge in [-0.15, -0.1) is 5.10 Å². The van der Waals surface area contributed by atoms with Gasteiger partial charge in [-0.2, -0.15) is 13.2 Å². The van der Waals surface area contributed by atoms with Gasteiger partial charge in [0.15, 0.2) is 11.3 Å². The molecule has 0 radical (unpaired) electrons. The number of carboxylic acid groups (broad SMARTS) is 1. The number of alkyl halides is 3. The summed E-state index contributed by atoms with van der Waals surface area (Å²) in [5.74, 6) is -1.96. The van der Waals surface area contributed by atoms with Crippen LogP contribution < -0.4 is 0 Å². The number of hydrogen-bond donors (Lipinski definition) is 2. The number of aromatic nitrogens is 3. The third-order valence-electron chi connectivity index (χ3n) is 4.44. The quantitative estimate of drug-likeness (QED) is 0.827. The van der Waals surface area contributed by atoms with Crippen LogP contribution in [0.15, 0.2) is 30.5 Å². The minimum atomic E-state index is -4.60. The summed E-state index contributed by atoms with van der Waals surface area (Å²) in [4.78, 5) is 24.8. The lowest BCUT2D eigenvalue weighted by Crippen LogP contribution is -2.50. The van der Waals surface area contributed by atoms with E-state index in [2.05, 4.69) is 10.3 Å². The van der Waals surface area contributed by atoms with Gasteiger partial charge in [0, 0.05) is 25.9 Å². The maximum absolute atomic E-state index is 13.1. The number of rotatable bonds is 3. The molecule has 11 heteroatoms. The number of carbonyl (C=O) groups excluding carboxylic acids is 1. The molecule has 2 N–H and O–H groups in total. The van der Waals surface area contributed by atoms with Crippen molar-refractivity contribution in [3.63, 3.8) is 0 Å². The number of piperidine rings is 1. The van der Waals surface area contributed by atoms with Crippen molar-refractivity contribution in [2.75, 3.05) is 13.1 Å². The lowest BCUT2D eigenvalue weighted by molar-refractivity contribution is -0.162. The molecule has 1 saturated heterocycles. The lowest BCUT2D eigenvalue weighted by atomic mass is 9.91. The van der Waals surface area contributed by atoms with Gasteiger partial charge in [-0.25, -0.2) is 9.48 Å². The maximum Gasteiger partial charge on any atom is 0.418 e. The summed E-state index contributed by atoms with van der Waals surface area (Å²) in [6, 6.07) is 4.76. The SMILES string of the molecule is O=C(c1cn(-c2ccccc2C(F)(F)F)nn1)N1CCC(O)(C(=O)O)CC1. The van der Waals surface area contributed by atoms with Crippen LogP contribution in [-0.2, 0) is 11.0 Å². The van der Waals surface area contributed by atoms with Crippen molar-refractivity contribution >= 4 is 11.9 Å². The van der Waals surface area contributed by atoms with Crippen LogP contribution in [-0.4, -0.2) is 60.7 Å². The molecule has 1 amide bonds. The standard InChI is InChI=1S/C16H15F3N4O4/c17-16(18,19)10-3-1-2-4-12(10)23-9-11(20-21-23)13(24)22-7-5-15(27,6-8-22)14(25)26/h1-4,9,27H,5-8H2,(H,25,26). The largest absolute Gasteiger partial charge is 0.479 e. The highest BCUT2D eigenvalue weighted by Gasteiger charge is 2.41. The number of carboxylic acids is 1. The molecule has 1 fully saturated rings. The van der Waals surface area contributed by atoms with Crippen LogP contribution in [0.2, 0.25) is 0 Å². The van der Waals surface area contributed by atoms with Crippen molar-refractivity contribution in [3.05, 3.63) is 41.7 Å². The Hall–Kier alpha value is -2.95. The third-order valence-corrected chi connectivity index (χ3v) is 4.44. The van der Waals surface area contributed by atoms with Crippen LogP contribution in [0.5, 0.6) is 0 Å². The highest BCUT2D eigenvalue weighted by Crippen LogP contribution is 2.33. The number of likely N-dealkylation sites (tertiary alicyclic amines) is 1. The van der Waals surface area contributed by atoms with Gasteiger partial charge in [-0.1, -0.05) is 17.3 Å². The smallest absolute Gasteiger partial charge is 0.418 e.